The van der Waals surface area contributed by atoms with Gasteiger partial charge in [-0.1, -0.05) is 24.3 Å². The molecule has 0 atom stereocenters. The lowest BCUT2D eigenvalue weighted by atomic mass is 10.2. The van der Waals surface area contributed by atoms with Gasteiger partial charge in [-0.25, -0.2) is 8.42 Å². The van der Waals surface area contributed by atoms with Gasteiger partial charge in [-0.05, 0) is 36.8 Å². The number of hydrogen-bond acceptors (Lipinski definition) is 4. The van der Waals surface area contributed by atoms with Crippen molar-refractivity contribution >= 4 is 27.1 Å². The number of carbonyl (C=O) groups excluding carboxylic acids is 1. The van der Waals surface area contributed by atoms with Gasteiger partial charge in [0.15, 0.2) is 9.84 Å². The van der Waals surface area contributed by atoms with E-state index in [0.717, 1.165) is 17.5 Å². The van der Waals surface area contributed by atoms with E-state index >= 15 is 0 Å². The number of para-hydroxylation sites is 1. The summed E-state index contributed by atoms with van der Waals surface area (Å²) in [5.41, 5.74) is 2.33. The Kier molecular flexibility index (Phi) is 4.82. The first-order valence-corrected chi connectivity index (χ1v) is 8.65. The zero-order chi connectivity index (χ0) is 16.2. The van der Waals surface area contributed by atoms with Crippen LogP contribution in [0.2, 0.25) is 0 Å². The standard InChI is InChI=1S/C16H18N2O3S/c1-12-6-3-4-9-15(12)18-16(19)11-17-13-7-5-8-14(10-13)22(2,20)21/h3-10,17H,11H2,1-2H3,(H,18,19). The molecular weight excluding hydrogens is 300 g/mol. The SMILES string of the molecule is Cc1ccccc1NC(=O)CNc1cccc(S(C)(=O)=O)c1. The maximum atomic E-state index is 11.9. The Balaban J connectivity index is 1.99. The normalized spacial score (nSPS) is 11.0. The van der Waals surface area contributed by atoms with E-state index in [1.807, 2.05) is 31.2 Å². The Morgan fingerprint density at radius 2 is 1.82 bits per heavy atom. The molecule has 116 valence electrons. The third kappa shape index (κ3) is 4.33. The van der Waals surface area contributed by atoms with Crippen LogP contribution in [0.1, 0.15) is 5.56 Å². The molecule has 0 aliphatic carbocycles. The number of benzene rings is 2. The Bertz CT molecular complexity index is 785. The summed E-state index contributed by atoms with van der Waals surface area (Å²) in [5.74, 6) is -0.195. The highest BCUT2D eigenvalue weighted by molar-refractivity contribution is 7.90. The molecule has 0 unspecified atom stereocenters. The van der Waals surface area contributed by atoms with Crippen LogP contribution in [0.3, 0.4) is 0 Å². The summed E-state index contributed by atoms with van der Waals surface area (Å²) < 4.78 is 23.0. The van der Waals surface area contributed by atoms with Gasteiger partial charge in [0.05, 0.1) is 11.4 Å². The zero-order valence-electron chi connectivity index (χ0n) is 12.5. The second kappa shape index (κ2) is 6.62. The van der Waals surface area contributed by atoms with Gasteiger partial charge < -0.3 is 10.6 Å². The summed E-state index contributed by atoms with van der Waals surface area (Å²) in [6.07, 6.45) is 1.15. The summed E-state index contributed by atoms with van der Waals surface area (Å²) in [6, 6.07) is 13.9. The Hall–Kier alpha value is -2.34. The van der Waals surface area contributed by atoms with Crippen LogP contribution in [0.5, 0.6) is 0 Å². The van der Waals surface area contributed by atoms with Crippen molar-refractivity contribution < 1.29 is 13.2 Å². The lowest BCUT2D eigenvalue weighted by Gasteiger charge is -2.10. The molecule has 0 aliphatic heterocycles. The minimum absolute atomic E-state index is 0.0571. The number of sulfone groups is 1. The number of amides is 1. The van der Waals surface area contributed by atoms with E-state index in [1.165, 1.54) is 12.1 Å². The number of hydrogen-bond donors (Lipinski definition) is 2. The van der Waals surface area contributed by atoms with Crippen LogP contribution in [0.4, 0.5) is 11.4 Å². The Labute approximate surface area is 130 Å². The number of nitrogens with one attached hydrogen (secondary N) is 2. The third-order valence-electron chi connectivity index (χ3n) is 3.13. The van der Waals surface area contributed by atoms with Crippen molar-refractivity contribution in [1.82, 2.24) is 0 Å². The van der Waals surface area contributed by atoms with Crippen LogP contribution in [0, 0.1) is 6.92 Å². The molecule has 2 aromatic rings. The van der Waals surface area contributed by atoms with E-state index < -0.39 is 9.84 Å². The number of rotatable bonds is 5. The molecule has 0 heterocycles. The maximum Gasteiger partial charge on any atom is 0.243 e. The predicted octanol–water partition coefficient (Wildman–Crippen LogP) is 2.45. The summed E-state index contributed by atoms with van der Waals surface area (Å²) in [4.78, 5) is 12.1. The van der Waals surface area contributed by atoms with E-state index in [1.54, 1.807) is 12.1 Å². The second-order valence-corrected chi connectivity index (χ2v) is 7.03. The third-order valence-corrected chi connectivity index (χ3v) is 4.24. The van der Waals surface area contributed by atoms with Crippen LogP contribution in [0.15, 0.2) is 53.4 Å². The highest BCUT2D eigenvalue weighted by Crippen LogP contribution is 2.16. The van der Waals surface area contributed by atoms with E-state index in [-0.39, 0.29) is 17.3 Å². The van der Waals surface area contributed by atoms with Crippen molar-refractivity contribution in [1.29, 1.82) is 0 Å². The van der Waals surface area contributed by atoms with Crippen LogP contribution in [-0.2, 0) is 14.6 Å². The van der Waals surface area contributed by atoms with Crippen LogP contribution < -0.4 is 10.6 Å². The smallest absolute Gasteiger partial charge is 0.243 e. The maximum absolute atomic E-state index is 11.9. The first-order valence-electron chi connectivity index (χ1n) is 6.76. The van der Waals surface area contributed by atoms with E-state index in [0.29, 0.717) is 5.69 Å². The van der Waals surface area contributed by atoms with Crippen molar-refractivity contribution in [2.24, 2.45) is 0 Å². The molecule has 2 aromatic carbocycles. The van der Waals surface area contributed by atoms with Crippen LogP contribution in [0.25, 0.3) is 0 Å². The molecule has 22 heavy (non-hydrogen) atoms. The number of aryl methyl sites for hydroxylation is 1. The fraction of sp³-hybridized carbons (Fsp3) is 0.188. The lowest BCUT2D eigenvalue weighted by Crippen LogP contribution is -2.22. The summed E-state index contributed by atoms with van der Waals surface area (Å²) in [6.45, 7) is 1.97. The largest absolute Gasteiger partial charge is 0.376 e. The zero-order valence-corrected chi connectivity index (χ0v) is 13.3. The molecule has 2 N–H and O–H groups in total. The summed E-state index contributed by atoms with van der Waals surface area (Å²) in [5, 5.41) is 5.73. The molecule has 0 fully saturated rings. The second-order valence-electron chi connectivity index (χ2n) is 5.02. The molecule has 0 aromatic heterocycles. The van der Waals surface area contributed by atoms with Gasteiger partial charge in [0.2, 0.25) is 5.91 Å². The van der Waals surface area contributed by atoms with Gasteiger partial charge in [-0.15, -0.1) is 0 Å². The molecule has 1 amide bonds. The average Bonchev–Trinajstić information content (AvgIpc) is 2.47. The van der Waals surface area contributed by atoms with Gasteiger partial charge >= 0.3 is 0 Å². The minimum atomic E-state index is -3.26. The lowest BCUT2D eigenvalue weighted by molar-refractivity contribution is -0.114. The van der Waals surface area contributed by atoms with Gasteiger partial charge in [-0.3, -0.25) is 4.79 Å². The molecular formula is C16H18N2O3S. The van der Waals surface area contributed by atoms with E-state index in [2.05, 4.69) is 10.6 Å². The summed E-state index contributed by atoms with van der Waals surface area (Å²) in [7, 11) is -3.26. The fourth-order valence-corrected chi connectivity index (χ4v) is 2.59. The first-order chi connectivity index (χ1) is 10.4. The summed E-state index contributed by atoms with van der Waals surface area (Å²) >= 11 is 0. The van der Waals surface area contributed by atoms with Crippen LogP contribution >= 0.6 is 0 Å². The highest BCUT2D eigenvalue weighted by Gasteiger charge is 2.08. The van der Waals surface area contributed by atoms with Gasteiger partial charge in [0.25, 0.3) is 0 Å². The highest BCUT2D eigenvalue weighted by atomic mass is 32.2. The van der Waals surface area contributed by atoms with Gasteiger partial charge in [-0.2, -0.15) is 0 Å². The van der Waals surface area contributed by atoms with E-state index in [9.17, 15) is 13.2 Å². The number of carbonyl (C=O) groups is 1. The minimum Gasteiger partial charge on any atom is -0.376 e. The molecule has 0 saturated carbocycles. The topological polar surface area (TPSA) is 75.3 Å². The predicted molar refractivity (Wildman–Crippen MR) is 87.9 cm³/mol. The first kappa shape index (κ1) is 16.0. The number of anilines is 2. The van der Waals surface area contributed by atoms with Crippen molar-refractivity contribution in [3.63, 3.8) is 0 Å². The molecule has 0 aliphatic rings. The van der Waals surface area contributed by atoms with Gasteiger partial charge in [0, 0.05) is 17.6 Å². The Morgan fingerprint density at radius 1 is 1.09 bits per heavy atom. The quantitative estimate of drug-likeness (QED) is 0.888. The molecule has 0 bridgehead atoms. The monoisotopic (exact) mass is 318 g/mol. The Morgan fingerprint density at radius 3 is 2.50 bits per heavy atom. The van der Waals surface area contributed by atoms with Gasteiger partial charge in [0.1, 0.15) is 0 Å². The van der Waals surface area contributed by atoms with Crippen molar-refractivity contribution in [2.75, 3.05) is 23.4 Å². The molecule has 2 rings (SSSR count). The van der Waals surface area contributed by atoms with Crippen LogP contribution in [-0.4, -0.2) is 27.1 Å². The van der Waals surface area contributed by atoms with E-state index in [4.69, 9.17) is 0 Å². The molecule has 5 nitrogen and oxygen atoms in total. The molecule has 6 heteroatoms. The molecule has 0 radical (unpaired) electrons. The van der Waals surface area contributed by atoms with Crippen molar-refractivity contribution in [3.05, 3.63) is 54.1 Å². The fourth-order valence-electron chi connectivity index (χ4n) is 1.93. The molecule has 0 spiro atoms. The van der Waals surface area contributed by atoms with Crippen molar-refractivity contribution in [2.45, 2.75) is 11.8 Å². The van der Waals surface area contributed by atoms with Crippen molar-refractivity contribution in [3.8, 4) is 0 Å². The molecule has 0 saturated heterocycles. The average molecular weight is 318 g/mol.